The Morgan fingerprint density at radius 1 is 1.17 bits per heavy atom. The third kappa shape index (κ3) is 4.14. The van der Waals surface area contributed by atoms with Crippen molar-refractivity contribution in [3.05, 3.63) is 53.0 Å². The summed E-state index contributed by atoms with van der Waals surface area (Å²) < 4.78 is 22.3. The van der Waals surface area contributed by atoms with E-state index in [0.29, 0.717) is 41.3 Å². The zero-order valence-electron chi connectivity index (χ0n) is 16.3. The van der Waals surface area contributed by atoms with Crippen LogP contribution in [0, 0.1) is 0 Å². The van der Waals surface area contributed by atoms with Gasteiger partial charge in [0.2, 0.25) is 6.79 Å². The van der Waals surface area contributed by atoms with Gasteiger partial charge >= 0.3 is 11.7 Å². The molecule has 4 rings (SSSR count). The van der Waals surface area contributed by atoms with Crippen molar-refractivity contribution in [2.45, 2.75) is 32.4 Å². The number of ether oxygens (including phenoxy) is 3. The second-order valence-corrected chi connectivity index (χ2v) is 6.78. The number of para-hydroxylation sites is 2. The van der Waals surface area contributed by atoms with Gasteiger partial charge in [0.05, 0.1) is 5.52 Å². The molecule has 2 aromatic carbocycles. The van der Waals surface area contributed by atoms with Crippen LogP contribution in [0.1, 0.15) is 19.8 Å². The van der Waals surface area contributed by atoms with Gasteiger partial charge in [0.15, 0.2) is 23.2 Å². The van der Waals surface area contributed by atoms with E-state index in [1.54, 1.807) is 36.4 Å². The summed E-state index contributed by atoms with van der Waals surface area (Å²) in [4.78, 5) is 36.3. The Morgan fingerprint density at radius 2 is 1.97 bits per heavy atom. The molecule has 0 fully saturated rings. The average Bonchev–Trinajstić information content (AvgIpc) is 3.31. The first kappa shape index (κ1) is 19.6. The van der Waals surface area contributed by atoms with E-state index in [1.807, 2.05) is 6.07 Å². The first-order valence-corrected chi connectivity index (χ1v) is 9.49. The average molecular weight is 412 g/mol. The first-order valence-electron chi connectivity index (χ1n) is 9.49. The number of oxazole rings is 1. The predicted octanol–water partition coefficient (Wildman–Crippen LogP) is 2.67. The molecule has 0 aliphatic carbocycles. The summed E-state index contributed by atoms with van der Waals surface area (Å²) in [5.74, 6) is -0.305. The second-order valence-electron chi connectivity index (χ2n) is 6.78. The van der Waals surface area contributed by atoms with Crippen LogP contribution >= 0.6 is 0 Å². The lowest BCUT2D eigenvalue weighted by Gasteiger charge is -2.14. The standard InChI is InChI=1S/C21H20N2O7/c1-13(20(25)22-14-8-9-17-18(11-14)28-12-27-17)29-19(24)7-4-10-23-15-5-2-3-6-16(15)30-21(23)26/h2-3,5-6,8-9,11,13H,4,7,10,12H2,1H3,(H,22,25). The van der Waals surface area contributed by atoms with Gasteiger partial charge in [-0.15, -0.1) is 0 Å². The minimum Gasteiger partial charge on any atom is -0.454 e. The molecule has 9 heteroatoms. The van der Waals surface area contributed by atoms with E-state index in [1.165, 1.54) is 11.5 Å². The molecule has 1 atom stereocenters. The van der Waals surface area contributed by atoms with Gasteiger partial charge in [-0.05, 0) is 37.6 Å². The van der Waals surface area contributed by atoms with E-state index in [4.69, 9.17) is 18.6 Å². The number of carbonyl (C=O) groups excluding carboxylic acids is 2. The van der Waals surface area contributed by atoms with Crippen LogP contribution in [0.5, 0.6) is 11.5 Å². The molecule has 0 saturated heterocycles. The van der Waals surface area contributed by atoms with Gasteiger partial charge in [-0.2, -0.15) is 0 Å². The molecular weight excluding hydrogens is 392 g/mol. The number of esters is 1. The third-order valence-corrected chi connectivity index (χ3v) is 4.65. The van der Waals surface area contributed by atoms with Gasteiger partial charge in [0.1, 0.15) is 0 Å². The number of hydrogen-bond acceptors (Lipinski definition) is 7. The number of nitrogens with zero attached hydrogens (tertiary/aromatic N) is 1. The highest BCUT2D eigenvalue weighted by atomic mass is 16.7. The van der Waals surface area contributed by atoms with E-state index in [-0.39, 0.29) is 13.2 Å². The number of amides is 1. The molecule has 1 unspecified atom stereocenters. The summed E-state index contributed by atoms with van der Waals surface area (Å²) in [6, 6.07) is 12.1. The van der Waals surface area contributed by atoms with Crippen molar-refractivity contribution in [1.82, 2.24) is 4.57 Å². The largest absolute Gasteiger partial charge is 0.454 e. The molecule has 0 bridgehead atoms. The monoisotopic (exact) mass is 412 g/mol. The molecule has 0 spiro atoms. The number of anilines is 1. The van der Waals surface area contributed by atoms with E-state index in [2.05, 4.69) is 5.32 Å². The molecule has 1 N–H and O–H groups in total. The van der Waals surface area contributed by atoms with Crippen LogP contribution in [-0.4, -0.2) is 29.3 Å². The number of carbonyl (C=O) groups is 2. The maximum Gasteiger partial charge on any atom is 0.419 e. The SMILES string of the molecule is CC(OC(=O)CCCn1c(=O)oc2ccccc21)C(=O)Nc1ccc2c(c1)OCO2. The summed E-state index contributed by atoms with van der Waals surface area (Å²) in [5, 5.41) is 2.67. The molecule has 156 valence electrons. The molecular formula is C21H20N2O7. The third-order valence-electron chi connectivity index (χ3n) is 4.65. The van der Waals surface area contributed by atoms with E-state index >= 15 is 0 Å². The zero-order valence-corrected chi connectivity index (χ0v) is 16.3. The van der Waals surface area contributed by atoms with E-state index < -0.39 is 23.7 Å². The van der Waals surface area contributed by atoms with Crippen molar-refractivity contribution < 1.29 is 28.2 Å². The van der Waals surface area contributed by atoms with Gasteiger partial charge in [-0.3, -0.25) is 14.2 Å². The summed E-state index contributed by atoms with van der Waals surface area (Å²) in [6.07, 6.45) is -0.535. The van der Waals surface area contributed by atoms with Crippen LogP contribution in [0.25, 0.3) is 11.1 Å². The van der Waals surface area contributed by atoms with Crippen LogP contribution in [-0.2, 0) is 20.9 Å². The smallest absolute Gasteiger partial charge is 0.419 e. The maximum atomic E-state index is 12.3. The zero-order chi connectivity index (χ0) is 21.1. The number of nitrogens with one attached hydrogen (secondary N) is 1. The Hall–Kier alpha value is -3.75. The van der Waals surface area contributed by atoms with Crippen molar-refractivity contribution in [3.8, 4) is 11.5 Å². The van der Waals surface area contributed by atoms with Crippen LogP contribution in [0.15, 0.2) is 51.7 Å². The normalized spacial score (nSPS) is 13.2. The fourth-order valence-electron chi connectivity index (χ4n) is 3.14. The number of fused-ring (bicyclic) bond motifs is 2. The van der Waals surface area contributed by atoms with E-state index in [0.717, 1.165) is 0 Å². The molecule has 30 heavy (non-hydrogen) atoms. The van der Waals surface area contributed by atoms with Gasteiger partial charge in [0, 0.05) is 24.7 Å². The van der Waals surface area contributed by atoms with Crippen molar-refractivity contribution in [2.24, 2.45) is 0 Å². The first-order chi connectivity index (χ1) is 14.5. The summed E-state index contributed by atoms with van der Waals surface area (Å²) >= 11 is 0. The molecule has 1 aliphatic rings. The fourth-order valence-corrected chi connectivity index (χ4v) is 3.14. The topological polar surface area (TPSA) is 109 Å². The number of rotatable bonds is 7. The van der Waals surface area contributed by atoms with Crippen molar-refractivity contribution >= 4 is 28.7 Å². The number of aryl methyl sites for hydroxylation is 1. The summed E-state index contributed by atoms with van der Waals surface area (Å²) in [5.41, 5.74) is 1.68. The Balaban J connectivity index is 1.26. The van der Waals surface area contributed by atoms with Crippen LogP contribution in [0.2, 0.25) is 0 Å². The number of hydrogen-bond donors (Lipinski definition) is 1. The number of benzene rings is 2. The predicted molar refractivity (Wildman–Crippen MR) is 106 cm³/mol. The molecule has 0 saturated carbocycles. The Kier molecular flexibility index (Phi) is 5.42. The van der Waals surface area contributed by atoms with Crippen LogP contribution < -0.4 is 20.5 Å². The molecule has 3 aromatic rings. The minimum atomic E-state index is -0.972. The molecule has 1 amide bonds. The van der Waals surface area contributed by atoms with Crippen molar-refractivity contribution in [2.75, 3.05) is 12.1 Å². The van der Waals surface area contributed by atoms with Gasteiger partial charge in [-0.25, -0.2) is 4.79 Å². The van der Waals surface area contributed by atoms with Gasteiger partial charge in [0.25, 0.3) is 5.91 Å². The molecule has 1 aromatic heterocycles. The highest BCUT2D eigenvalue weighted by Crippen LogP contribution is 2.34. The van der Waals surface area contributed by atoms with Crippen molar-refractivity contribution in [3.63, 3.8) is 0 Å². The minimum absolute atomic E-state index is 0.0631. The van der Waals surface area contributed by atoms with Crippen molar-refractivity contribution in [1.29, 1.82) is 0 Å². The van der Waals surface area contributed by atoms with Crippen LogP contribution in [0.3, 0.4) is 0 Å². The maximum absolute atomic E-state index is 12.3. The number of aromatic nitrogens is 1. The Bertz CT molecular complexity index is 1150. The molecule has 2 heterocycles. The summed E-state index contributed by atoms with van der Waals surface area (Å²) in [6.45, 7) is 1.94. The summed E-state index contributed by atoms with van der Waals surface area (Å²) in [7, 11) is 0. The lowest BCUT2D eigenvalue weighted by molar-refractivity contribution is -0.153. The second kappa shape index (κ2) is 8.32. The van der Waals surface area contributed by atoms with Crippen LogP contribution in [0.4, 0.5) is 5.69 Å². The highest BCUT2D eigenvalue weighted by molar-refractivity contribution is 5.95. The highest BCUT2D eigenvalue weighted by Gasteiger charge is 2.20. The quantitative estimate of drug-likeness (QED) is 0.594. The van der Waals surface area contributed by atoms with Gasteiger partial charge < -0.3 is 23.9 Å². The lowest BCUT2D eigenvalue weighted by Crippen LogP contribution is -2.30. The fraction of sp³-hybridized carbons (Fsp3) is 0.286. The van der Waals surface area contributed by atoms with Gasteiger partial charge in [-0.1, -0.05) is 12.1 Å². The molecule has 9 nitrogen and oxygen atoms in total. The Labute approximate surface area is 171 Å². The van der Waals surface area contributed by atoms with E-state index in [9.17, 15) is 14.4 Å². The lowest BCUT2D eigenvalue weighted by atomic mass is 10.2. The Morgan fingerprint density at radius 3 is 2.83 bits per heavy atom. The molecule has 0 radical (unpaired) electrons. The molecule has 1 aliphatic heterocycles.